The van der Waals surface area contributed by atoms with E-state index in [1.165, 1.54) is 0 Å². The van der Waals surface area contributed by atoms with Crippen LogP contribution in [0.1, 0.15) is 26.8 Å². The Morgan fingerprint density at radius 2 is 2.15 bits per heavy atom. The molecule has 0 bridgehead atoms. The van der Waals surface area contributed by atoms with E-state index in [1.807, 2.05) is 26.0 Å². The fourth-order valence-corrected chi connectivity index (χ4v) is 2.29. The molecule has 1 heterocycles. The van der Waals surface area contributed by atoms with Gasteiger partial charge in [0, 0.05) is 6.54 Å². The Balaban J connectivity index is 2.35. The zero-order chi connectivity index (χ0) is 14.9. The van der Waals surface area contributed by atoms with Crippen molar-refractivity contribution in [3.8, 4) is 0 Å². The molecule has 1 aromatic heterocycles. The number of imidazole rings is 1. The van der Waals surface area contributed by atoms with Crippen molar-refractivity contribution in [3.05, 3.63) is 23.2 Å². The Bertz CT molecular complexity index is 635. The number of hydrogen-bond acceptors (Lipinski definition) is 3. The summed E-state index contributed by atoms with van der Waals surface area (Å²) in [7, 11) is 0. The van der Waals surface area contributed by atoms with Crippen molar-refractivity contribution < 1.29 is 4.79 Å². The molecule has 5 nitrogen and oxygen atoms in total. The minimum absolute atomic E-state index is 0.0790. The highest BCUT2D eigenvalue weighted by Crippen LogP contribution is 2.27. The Morgan fingerprint density at radius 3 is 2.80 bits per heavy atom. The van der Waals surface area contributed by atoms with Crippen molar-refractivity contribution in [2.24, 2.45) is 5.92 Å². The van der Waals surface area contributed by atoms with Gasteiger partial charge in [-0.2, -0.15) is 0 Å². The van der Waals surface area contributed by atoms with Gasteiger partial charge >= 0.3 is 0 Å². The second-order valence-corrected chi connectivity index (χ2v) is 5.67. The highest BCUT2D eigenvalue weighted by atomic mass is 35.5. The molecule has 0 saturated heterocycles. The normalized spacial score (nSPS) is 12.8. The smallest absolute Gasteiger partial charge is 0.242 e. The summed E-state index contributed by atoms with van der Waals surface area (Å²) < 4.78 is 1.71. The van der Waals surface area contributed by atoms with E-state index in [1.54, 1.807) is 17.6 Å². The first-order chi connectivity index (χ1) is 9.41. The Hall–Kier alpha value is -1.75. The average Bonchev–Trinajstić information content (AvgIpc) is 2.73. The topological polar surface area (TPSA) is 72.9 Å². The summed E-state index contributed by atoms with van der Waals surface area (Å²) in [5.41, 5.74) is 7.32. The fourth-order valence-electron chi connectivity index (χ4n) is 2.08. The quantitative estimate of drug-likeness (QED) is 0.910. The van der Waals surface area contributed by atoms with E-state index < -0.39 is 6.04 Å². The van der Waals surface area contributed by atoms with Crippen LogP contribution in [-0.4, -0.2) is 22.0 Å². The largest absolute Gasteiger partial charge is 0.369 e. The number of nitrogens with two attached hydrogens (primary N) is 1. The van der Waals surface area contributed by atoms with E-state index >= 15 is 0 Å². The van der Waals surface area contributed by atoms with Crippen LogP contribution in [0.25, 0.3) is 11.0 Å². The Kier molecular flexibility index (Phi) is 4.18. The summed E-state index contributed by atoms with van der Waals surface area (Å²) in [6, 6.07) is 5.00. The van der Waals surface area contributed by atoms with Gasteiger partial charge in [0.05, 0.1) is 10.5 Å². The number of rotatable bonds is 4. The number of hydrogen-bond donors (Lipinski definition) is 2. The minimum Gasteiger partial charge on any atom is -0.369 e. The van der Waals surface area contributed by atoms with Gasteiger partial charge in [-0.15, -0.1) is 0 Å². The number of amides is 1. The third-order valence-electron chi connectivity index (χ3n) is 3.15. The lowest BCUT2D eigenvalue weighted by Crippen LogP contribution is -2.33. The van der Waals surface area contributed by atoms with Crippen molar-refractivity contribution in [2.75, 3.05) is 12.3 Å². The fraction of sp³-hybridized carbons (Fsp3) is 0.429. The number of nitrogens with one attached hydrogen (secondary N) is 1. The SMILES string of the molecule is CC(C)CNC(=O)C(C)n1c(N)nc2c(Cl)cccc21. The monoisotopic (exact) mass is 294 g/mol. The zero-order valence-corrected chi connectivity index (χ0v) is 12.6. The molecule has 6 heteroatoms. The molecule has 0 fully saturated rings. The summed E-state index contributed by atoms with van der Waals surface area (Å²) in [4.78, 5) is 16.4. The second-order valence-electron chi connectivity index (χ2n) is 5.26. The summed E-state index contributed by atoms with van der Waals surface area (Å²) in [6.45, 7) is 6.53. The van der Waals surface area contributed by atoms with E-state index in [-0.39, 0.29) is 5.91 Å². The van der Waals surface area contributed by atoms with E-state index in [9.17, 15) is 4.79 Å². The number of nitrogen functional groups attached to an aromatic ring is 1. The number of nitrogens with zero attached hydrogens (tertiary/aromatic N) is 2. The van der Waals surface area contributed by atoms with Crippen LogP contribution in [0.5, 0.6) is 0 Å². The molecule has 1 atom stereocenters. The molecule has 0 saturated carbocycles. The van der Waals surface area contributed by atoms with E-state index in [0.717, 1.165) is 5.52 Å². The van der Waals surface area contributed by atoms with Gasteiger partial charge in [-0.3, -0.25) is 9.36 Å². The molecule has 0 aliphatic carbocycles. The van der Waals surface area contributed by atoms with Gasteiger partial charge in [0.15, 0.2) is 0 Å². The lowest BCUT2D eigenvalue weighted by molar-refractivity contribution is -0.123. The molecule has 1 aromatic carbocycles. The van der Waals surface area contributed by atoms with Crippen LogP contribution in [0.3, 0.4) is 0 Å². The first-order valence-corrected chi connectivity index (χ1v) is 6.99. The van der Waals surface area contributed by atoms with Crippen LogP contribution >= 0.6 is 11.6 Å². The predicted octanol–water partition coefficient (Wildman–Crippen LogP) is 2.61. The highest BCUT2D eigenvalue weighted by molar-refractivity contribution is 6.35. The van der Waals surface area contributed by atoms with Crippen LogP contribution in [0.2, 0.25) is 5.02 Å². The van der Waals surface area contributed by atoms with E-state index in [2.05, 4.69) is 10.3 Å². The van der Waals surface area contributed by atoms with Gasteiger partial charge in [-0.25, -0.2) is 4.98 Å². The summed E-state index contributed by atoms with van der Waals surface area (Å²) in [5.74, 6) is 0.613. The van der Waals surface area contributed by atoms with Crippen molar-refractivity contribution in [1.82, 2.24) is 14.9 Å². The molecule has 0 aliphatic rings. The third kappa shape index (κ3) is 2.72. The maximum Gasteiger partial charge on any atom is 0.242 e. The molecule has 3 N–H and O–H groups in total. The van der Waals surface area contributed by atoms with Gasteiger partial charge in [0.1, 0.15) is 11.6 Å². The van der Waals surface area contributed by atoms with Gasteiger partial charge in [0.2, 0.25) is 11.9 Å². The van der Waals surface area contributed by atoms with Crippen molar-refractivity contribution in [3.63, 3.8) is 0 Å². The lowest BCUT2D eigenvalue weighted by Gasteiger charge is -2.16. The number of halogens is 1. The number of carbonyl (C=O) groups excluding carboxylic acids is 1. The lowest BCUT2D eigenvalue weighted by atomic mass is 10.2. The molecule has 0 radical (unpaired) electrons. The average molecular weight is 295 g/mol. The molecule has 0 spiro atoms. The van der Waals surface area contributed by atoms with Gasteiger partial charge in [-0.1, -0.05) is 31.5 Å². The molecule has 0 aliphatic heterocycles. The Morgan fingerprint density at radius 1 is 1.45 bits per heavy atom. The number of anilines is 1. The molecule has 2 aromatic rings. The molecule has 20 heavy (non-hydrogen) atoms. The van der Waals surface area contributed by atoms with Crippen molar-refractivity contribution in [2.45, 2.75) is 26.8 Å². The number of para-hydroxylation sites is 1. The summed E-state index contributed by atoms with van der Waals surface area (Å²) >= 11 is 6.10. The van der Waals surface area contributed by atoms with Crippen LogP contribution in [0, 0.1) is 5.92 Å². The number of fused-ring (bicyclic) bond motifs is 1. The molecule has 108 valence electrons. The van der Waals surface area contributed by atoms with Crippen LogP contribution < -0.4 is 11.1 Å². The molecular formula is C14H19ClN4O. The zero-order valence-electron chi connectivity index (χ0n) is 11.9. The minimum atomic E-state index is -0.433. The molecular weight excluding hydrogens is 276 g/mol. The van der Waals surface area contributed by atoms with Gasteiger partial charge in [-0.05, 0) is 25.0 Å². The van der Waals surface area contributed by atoms with Crippen molar-refractivity contribution in [1.29, 1.82) is 0 Å². The maximum absolute atomic E-state index is 12.2. The molecule has 1 amide bonds. The highest BCUT2D eigenvalue weighted by Gasteiger charge is 2.21. The first-order valence-electron chi connectivity index (χ1n) is 6.61. The molecule has 1 unspecified atom stereocenters. The standard InChI is InChI=1S/C14H19ClN4O/c1-8(2)7-17-13(20)9(3)19-11-6-4-5-10(15)12(11)18-14(19)16/h4-6,8-9H,7H2,1-3H3,(H2,16,18)(H,17,20). The number of carbonyl (C=O) groups is 1. The van der Waals surface area contributed by atoms with Crippen LogP contribution in [0.4, 0.5) is 5.95 Å². The molecule has 2 rings (SSSR count). The maximum atomic E-state index is 12.2. The van der Waals surface area contributed by atoms with Crippen molar-refractivity contribution >= 4 is 34.5 Å². The third-order valence-corrected chi connectivity index (χ3v) is 3.45. The van der Waals surface area contributed by atoms with Gasteiger partial charge in [0.25, 0.3) is 0 Å². The van der Waals surface area contributed by atoms with E-state index in [4.69, 9.17) is 17.3 Å². The van der Waals surface area contributed by atoms with Crippen LogP contribution in [-0.2, 0) is 4.79 Å². The first kappa shape index (κ1) is 14.7. The van der Waals surface area contributed by atoms with Crippen LogP contribution in [0.15, 0.2) is 18.2 Å². The predicted molar refractivity (Wildman–Crippen MR) is 81.7 cm³/mol. The summed E-state index contributed by atoms with van der Waals surface area (Å²) in [6.07, 6.45) is 0. The van der Waals surface area contributed by atoms with Gasteiger partial charge < -0.3 is 11.1 Å². The summed E-state index contributed by atoms with van der Waals surface area (Å²) in [5, 5.41) is 3.43. The number of aromatic nitrogens is 2. The number of benzene rings is 1. The van der Waals surface area contributed by atoms with E-state index in [0.29, 0.717) is 29.0 Å². The Labute approximate surface area is 123 Å². The second kappa shape index (κ2) is 5.71.